The van der Waals surface area contributed by atoms with E-state index in [9.17, 15) is 35.5 Å². The second-order valence-corrected chi connectivity index (χ2v) is 9.02. The smallest absolute Gasteiger partial charge is 0.381 e. The van der Waals surface area contributed by atoms with E-state index in [4.69, 9.17) is 14.2 Å². The zero-order chi connectivity index (χ0) is 27.8. The maximum absolute atomic E-state index is 10.9. The standard InChI is InChI=1S/C22H34N6O10/c1-14-23-17(27(32)33)11-25(14)7-3-5-9-36-20-19(30)16(13-29)38-22(31)21(20)37-10-6-4-8-26-12-18(28(34)35)24-15(26)2/h11-12,16,19-22,29-31H,3-10,13H2,1-2H3/t16-,19-,20+,21-,22?/m1/s1. The van der Waals surface area contributed by atoms with E-state index in [1.165, 1.54) is 12.4 Å². The van der Waals surface area contributed by atoms with E-state index in [-0.39, 0.29) is 24.8 Å². The Morgan fingerprint density at radius 2 is 1.37 bits per heavy atom. The van der Waals surface area contributed by atoms with E-state index in [2.05, 4.69) is 9.97 Å². The number of unbranched alkanes of at least 4 members (excludes halogenated alkanes) is 2. The number of nitrogens with zero attached hydrogens (tertiary/aromatic N) is 6. The third-order valence-corrected chi connectivity index (χ3v) is 6.32. The molecule has 38 heavy (non-hydrogen) atoms. The van der Waals surface area contributed by atoms with E-state index >= 15 is 0 Å². The molecule has 2 aromatic rings. The lowest BCUT2D eigenvalue weighted by Crippen LogP contribution is -2.60. The Morgan fingerprint density at radius 3 is 1.79 bits per heavy atom. The Hall–Kier alpha value is -3.02. The molecule has 0 spiro atoms. The van der Waals surface area contributed by atoms with Crippen LogP contribution >= 0.6 is 0 Å². The van der Waals surface area contributed by atoms with Gasteiger partial charge in [0.15, 0.2) is 6.29 Å². The predicted octanol–water partition coefficient (Wildman–Crippen LogP) is 0.614. The van der Waals surface area contributed by atoms with Gasteiger partial charge in [-0.3, -0.25) is 0 Å². The molecule has 16 nitrogen and oxygen atoms in total. The molecule has 2 aromatic heterocycles. The van der Waals surface area contributed by atoms with Crippen molar-refractivity contribution in [1.29, 1.82) is 0 Å². The molecule has 1 unspecified atom stereocenters. The molecule has 1 fully saturated rings. The topological polar surface area (TPSA) is 210 Å². The van der Waals surface area contributed by atoms with Crippen molar-refractivity contribution in [3.8, 4) is 0 Å². The number of imidazole rings is 2. The van der Waals surface area contributed by atoms with E-state index in [0.717, 1.165) is 0 Å². The van der Waals surface area contributed by atoms with Crippen LogP contribution in [0.4, 0.5) is 11.6 Å². The summed E-state index contributed by atoms with van der Waals surface area (Å²) in [6.45, 7) is 4.25. The van der Waals surface area contributed by atoms with Crippen LogP contribution in [-0.4, -0.2) is 94.8 Å². The van der Waals surface area contributed by atoms with Crippen LogP contribution in [-0.2, 0) is 27.3 Å². The quantitative estimate of drug-likeness (QED) is 0.161. The summed E-state index contributed by atoms with van der Waals surface area (Å²) in [5, 5.41) is 52.3. The molecule has 5 atom stereocenters. The molecule has 16 heteroatoms. The highest BCUT2D eigenvalue weighted by Gasteiger charge is 2.45. The summed E-state index contributed by atoms with van der Waals surface area (Å²) in [5.74, 6) is 0.632. The van der Waals surface area contributed by atoms with Crippen LogP contribution in [0.5, 0.6) is 0 Å². The molecule has 0 saturated carbocycles. The lowest BCUT2D eigenvalue weighted by Gasteiger charge is -2.42. The number of hydrogen-bond acceptors (Lipinski definition) is 12. The van der Waals surface area contributed by atoms with Gasteiger partial charge in [0.2, 0.25) is 11.6 Å². The first-order valence-electron chi connectivity index (χ1n) is 12.3. The zero-order valence-corrected chi connectivity index (χ0v) is 21.3. The zero-order valence-electron chi connectivity index (χ0n) is 21.3. The highest BCUT2D eigenvalue weighted by atomic mass is 16.7. The first-order chi connectivity index (χ1) is 18.1. The van der Waals surface area contributed by atoms with E-state index in [1.54, 1.807) is 23.0 Å². The molecule has 0 bridgehead atoms. The van der Waals surface area contributed by atoms with Gasteiger partial charge in [-0.1, -0.05) is 0 Å². The fourth-order valence-corrected chi connectivity index (χ4v) is 4.25. The van der Waals surface area contributed by atoms with Crippen molar-refractivity contribution in [2.24, 2.45) is 0 Å². The number of rotatable bonds is 15. The van der Waals surface area contributed by atoms with Crippen LogP contribution in [0.1, 0.15) is 37.3 Å². The molecule has 3 N–H and O–H groups in total. The highest BCUT2D eigenvalue weighted by Crippen LogP contribution is 2.25. The van der Waals surface area contributed by atoms with Crippen molar-refractivity contribution in [2.45, 2.75) is 83.3 Å². The Labute approximate surface area is 218 Å². The summed E-state index contributed by atoms with van der Waals surface area (Å²) >= 11 is 0. The van der Waals surface area contributed by atoms with Crippen molar-refractivity contribution < 1.29 is 39.4 Å². The monoisotopic (exact) mass is 542 g/mol. The second-order valence-electron chi connectivity index (χ2n) is 9.02. The minimum Gasteiger partial charge on any atom is -0.394 e. The molecule has 0 radical (unpaired) electrons. The molecule has 0 amide bonds. The number of ether oxygens (including phenoxy) is 3. The molecule has 1 saturated heterocycles. The van der Waals surface area contributed by atoms with Crippen LogP contribution in [0.2, 0.25) is 0 Å². The first kappa shape index (κ1) is 29.5. The third-order valence-electron chi connectivity index (χ3n) is 6.32. The molecule has 0 aromatic carbocycles. The molecular weight excluding hydrogens is 508 g/mol. The van der Waals surface area contributed by atoms with Gasteiger partial charge in [-0.2, -0.15) is 0 Å². The summed E-state index contributed by atoms with van der Waals surface area (Å²) < 4.78 is 20.3. The Balaban J connectivity index is 1.46. The number of aliphatic hydroxyl groups excluding tert-OH is 3. The Morgan fingerprint density at radius 1 is 0.895 bits per heavy atom. The van der Waals surface area contributed by atoms with Gasteiger partial charge in [-0.25, -0.2) is 0 Å². The Kier molecular flexibility index (Phi) is 10.6. The predicted molar refractivity (Wildman–Crippen MR) is 129 cm³/mol. The van der Waals surface area contributed by atoms with Gasteiger partial charge in [0, 0.05) is 40.2 Å². The first-order valence-corrected chi connectivity index (χ1v) is 12.3. The molecule has 3 rings (SSSR count). The lowest BCUT2D eigenvalue weighted by atomic mass is 9.98. The summed E-state index contributed by atoms with van der Waals surface area (Å²) in [6.07, 6.45) is -0.546. The minimum absolute atomic E-state index is 0.204. The van der Waals surface area contributed by atoms with E-state index < -0.39 is 47.2 Å². The number of aryl methyl sites for hydroxylation is 4. The van der Waals surface area contributed by atoms with Crippen molar-refractivity contribution >= 4 is 11.6 Å². The van der Waals surface area contributed by atoms with Crippen LogP contribution < -0.4 is 0 Å². The van der Waals surface area contributed by atoms with Gasteiger partial charge in [-0.15, -0.1) is 0 Å². The molecular formula is C22H34N6O10. The summed E-state index contributed by atoms with van der Waals surface area (Å²) in [7, 11) is 0. The summed E-state index contributed by atoms with van der Waals surface area (Å²) in [4.78, 5) is 28.4. The SMILES string of the molecule is Cc1nc([N+](=O)[O-])cn1CCCCO[C@H]1[C@H](O)[C@@H](CO)OC(O)[C@@H]1OCCCCn1cc([N+](=O)[O-])nc1C. The van der Waals surface area contributed by atoms with Crippen molar-refractivity contribution in [3.05, 3.63) is 44.3 Å². The summed E-state index contributed by atoms with van der Waals surface area (Å²) in [6, 6.07) is 0. The Bertz CT molecular complexity index is 1080. The van der Waals surface area contributed by atoms with Crippen LogP contribution in [0.25, 0.3) is 0 Å². The van der Waals surface area contributed by atoms with Gasteiger partial charge in [0.25, 0.3) is 0 Å². The molecule has 0 aliphatic carbocycles. The molecule has 212 valence electrons. The molecule has 1 aliphatic rings. The highest BCUT2D eigenvalue weighted by molar-refractivity contribution is 5.17. The van der Waals surface area contributed by atoms with Crippen molar-refractivity contribution in [3.63, 3.8) is 0 Å². The number of aromatic nitrogens is 4. The summed E-state index contributed by atoms with van der Waals surface area (Å²) in [5.41, 5.74) is 0. The van der Waals surface area contributed by atoms with Gasteiger partial charge in [-0.05, 0) is 45.5 Å². The molecule has 3 heterocycles. The van der Waals surface area contributed by atoms with E-state index in [0.29, 0.717) is 50.4 Å². The normalized spacial score (nSPS) is 23.6. The van der Waals surface area contributed by atoms with Crippen molar-refractivity contribution in [1.82, 2.24) is 19.1 Å². The maximum atomic E-state index is 10.9. The second kappa shape index (κ2) is 13.7. The van der Waals surface area contributed by atoms with Gasteiger partial charge in [0.1, 0.15) is 36.8 Å². The molecule has 1 aliphatic heterocycles. The average molecular weight is 543 g/mol. The van der Waals surface area contributed by atoms with Gasteiger partial charge in [0.05, 0.1) is 6.61 Å². The van der Waals surface area contributed by atoms with E-state index in [1.807, 2.05) is 0 Å². The third kappa shape index (κ3) is 7.52. The van der Waals surface area contributed by atoms with Crippen LogP contribution in [0.15, 0.2) is 12.4 Å². The number of aliphatic hydroxyl groups is 3. The average Bonchev–Trinajstić information content (AvgIpc) is 3.44. The largest absolute Gasteiger partial charge is 0.394 e. The fraction of sp³-hybridized carbons (Fsp3) is 0.727. The van der Waals surface area contributed by atoms with Gasteiger partial charge < -0.3 is 58.9 Å². The van der Waals surface area contributed by atoms with Crippen molar-refractivity contribution in [2.75, 3.05) is 19.8 Å². The minimum atomic E-state index is -1.42. The van der Waals surface area contributed by atoms with Crippen LogP contribution in [0, 0.1) is 34.1 Å². The fourth-order valence-electron chi connectivity index (χ4n) is 4.25. The number of nitro groups is 2. The van der Waals surface area contributed by atoms with Crippen LogP contribution in [0.3, 0.4) is 0 Å². The van der Waals surface area contributed by atoms with Gasteiger partial charge >= 0.3 is 11.6 Å². The number of hydrogen-bond donors (Lipinski definition) is 3. The maximum Gasteiger partial charge on any atom is 0.381 e. The lowest BCUT2D eigenvalue weighted by molar-refractivity contribution is -0.389.